The Labute approximate surface area is 686 Å². The van der Waals surface area contributed by atoms with Gasteiger partial charge in [-0.25, -0.2) is 9.78 Å². The van der Waals surface area contributed by atoms with Crippen molar-refractivity contribution in [3.63, 3.8) is 0 Å². The van der Waals surface area contributed by atoms with Gasteiger partial charge in [-0.1, -0.05) is 0 Å². The first kappa shape index (κ1) is 105. The smallest absolute Gasteiger partial charge is 0.326 e. The second-order valence-corrected chi connectivity index (χ2v) is 26.8. The van der Waals surface area contributed by atoms with Crippen molar-refractivity contribution in [3.8, 4) is 0 Å². The minimum absolute atomic E-state index is 0.0443. The van der Waals surface area contributed by atoms with Gasteiger partial charge in [-0.2, -0.15) is 0 Å². The van der Waals surface area contributed by atoms with Gasteiger partial charge < -0.3 is 170 Å². The van der Waals surface area contributed by atoms with E-state index in [9.17, 15) is 137 Å². The van der Waals surface area contributed by atoms with E-state index in [1.807, 2.05) is 26.6 Å². The number of carbonyl (C=O) groups is 19. The first-order chi connectivity index (χ1) is 56.7. The summed E-state index contributed by atoms with van der Waals surface area (Å²) in [6, 6.07) is -27.0. The van der Waals surface area contributed by atoms with Gasteiger partial charge >= 0.3 is 35.8 Å². The van der Waals surface area contributed by atoms with Crippen LogP contribution in [0, 0.1) is 21.6 Å². The molecule has 1 heterocycles. The molecule has 0 aromatic carbocycles. The fraction of sp³-hybridized carbons (Fsp3) is 0.600. The first-order valence-corrected chi connectivity index (χ1v) is 36.9. The van der Waals surface area contributed by atoms with E-state index in [0.29, 0.717) is 0 Å². The van der Waals surface area contributed by atoms with Crippen LogP contribution in [0.5, 0.6) is 0 Å². The largest absolute Gasteiger partial charge is 0.481 e. The van der Waals surface area contributed by atoms with E-state index in [0.717, 1.165) is 13.8 Å². The Kier molecular flexibility index (Phi) is 47.6. The van der Waals surface area contributed by atoms with E-state index in [1.165, 1.54) is 12.5 Å². The van der Waals surface area contributed by atoms with Gasteiger partial charge in [-0.3, -0.25) is 108 Å². The third-order valence-corrected chi connectivity index (χ3v) is 16.8. The number of nitrogens with one attached hydrogen (secondary N) is 22. The SMILES string of the molecule is C[C@H](NC(=O)[C@H](CO)NC(=O)[C@H](CCCNC(=N)N)NC(=O)[C@@H](NC(=O)[C@H](Cc1cnc[nH]1)NC(=O)[C@H](CCCNC(=N)N)NC(=O)[C@@H](N)CCCNC(=N)N)[C@@H](C)O)C(=O)N[C@@H](CCC(=O)O)C(=O)N[C@@H](CC(=O)O)C(=O)N[C@@H](CC(=O)O)C(=O)N[C@@H](CO)C(=O)N[C@@H](CCC(=O)O)C(=O)N[C@@H](CCCNC(=N)N)C(=O)N[C@@H](CC(=O)O)C(=O)O. The number of imidazole rings is 1. The molecule has 0 bridgehead atoms. The van der Waals surface area contributed by atoms with Crippen LogP contribution in [0.2, 0.25) is 0 Å². The molecular formula is C65H108N28O28. The maximum Gasteiger partial charge on any atom is 0.326 e. The molecule has 0 unspecified atom stereocenters. The summed E-state index contributed by atoms with van der Waals surface area (Å²) in [5.74, 6) is -29.7. The molecule has 0 saturated carbocycles. The maximum atomic E-state index is 14.3. The molecule has 13 amide bonds. The second kappa shape index (κ2) is 54.9. The number of carboxylic acid groups (broad SMARTS) is 6. The van der Waals surface area contributed by atoms with Crippen molar-refractivity contribution in [3.05, 3.63) is 18.2 Å². The number of aromatic nitrogens is 2. The molecule has 1 rings (SSSR count). The van der Waals surface area contributed by atoms with Crippen LogP contribution in [0.25, 0.3) is 0 Å². The van der Waals surface area contributed by atoms with Crippen LogP contribution in [0.15, 0.2) is 12.5 Å². The Balaban J connectivity index is 3.57. The zero-order chi connectivity index (χ0) is 91.9. The van der Waals surface area contributed by atoms with Crippen LogP contribution < -0.4 is 119 Å². The minimum Gasteiger partial charge on any atom is -0.481 e. The van der Waals surface area contributed by atoms with Crippen LogP contribution in [-0.2, 0) is 97.5 Å². The summed E-state index contributed by atoms with van der Waals surface area (Å²) >= 11 is 0. The number of carbonyl (C=O) groups excluding carboxylic acids is 13. The molecule has 0 fully saturated rings. The molecule has 0 aliphatic rings. The third kappa shape index (κ3) is 43.2. The lowest BCUT2D eigenvalue weighted by Gasteiger charge is -2.28. The lowest BCUT2D eigenvalue weighted by Crippen LogP contribution is -2.62. The summed E-state index contributed by atoms with van der Waals surface area (Å²) in [7, 11) is 0. The third-order valence-electron chi connectivity index (χ3n) is 16.8. The molecule has 0 aliphatic carbocycles. The van der Waals surface area contributed by atoms with Gasteiger partial charge in [-0.15, -0.1) is 0 Å². The first-order valence-electron chi connectivity index (χ1n) is 36.9. The van der Waals surface area contributed by atoms with E-state index in [2.05, 4.69) is 73.8 Å². The Morgan fingerprint density at radius 1 is 0.364 bits per heavy atom. The van der Waals surface area contributed by atoms with Gasteiger partial charge in [0.25, 0.3) is 0 Å². The van der Waals surface area contributed by atoms with E-state index in [1.54, 1.807) is 0 Å². The summed E-state index contributed by atoms with van der Waals surface area (Å²) in [5.41, 5.74) is 27.7. The molecule has 676 valence electrons. The second-order valence-electron chi connectivity index (χ2n) is 26.8. The van der Waals surface area contributed by atoms with E-state index in [4.69, 9.17) is 50.3 Å². The van der Waals surface area contributed by atoms with Gasteiger partial charge in [0.1, 0.15) is 78.5 Å². The summed E-state index contributed by atoms with van der Waals surface area (Å²) in [6.07, 6.45) is -8.11. The highest BCUT2D eigenvalue weighted by Gasteiger charge is 2.40. The number of rotatable bonds is 60. The van der Waals surface area contributed by atoms with Crippen molar-refractivity contribution in [2.24, 2.45) is 28.7 Å². The molecule has 0 radical (unpaired) electrons. The molecule has 1 aromatic rings. The van der Waals surface area contributed by atoms with Crippen molar-refractivity contribution in [1.29, 1.82) is 21.6 Å². The summed E-state index contributed by atoms with van der Waals surface area (Å²) in [4.78, 5) is 258. The number of aliphatic hydroxyl groups is 3. The van der Waals surface area contributed by atoms with Gasteiger partial charge in [-0.05, 0) is 78.1 Å². The average Bonchev–Trinajstić information content (AvgIpc) is 1.17. The van der Waals surface area contributed by atoms with Crippen LogP contribution in [0.3, 0.4) is 0 Å². The fourth-order valence-electron chi connectivity index (χ4n) is 10.6. The topological polar surface area (TPSA) is 965 Å². The number of aliphatic hydroxyl groups excluding tert-OH is 3. The van der Waals surface area contributed by atoms with Crippen molar-refractivity contribution in [2.75, 3.05) is 39.4 Å². The number of carboxylic acids is 6. The summed E-state index contributed by atoms with van der Waals surface area (Å²) in [6.45, 7) is -0.782. The van der Waals surface area contributed by atoms with Crippen LogP contribution in [-0.4, -0.2) is 322 Å². The lowest BCUT2D eigenvalue weighted by atomic mass is 10.0. The molecule has 0 saturated heterocycles. The zero-order valence-electron chi connectivity index (χ0n) is 65.5. The highest BCUT2D eigenvalue weighted by atomic mass is 16.4. The van der Waals surface area contributed by atoms with E-state index < -0.39 is 292 Å². The van der Waals surface area contributed by atoms with Gasteiger partial charge in [0.05, 0.1) is 50.9 Å². The molecule has 56 nitrogen and oxygen atoms in total. The molecule has 41 N–H and O–H groups in total. The fourth-order valence-corrected chi connectivity index (χ4v) is 10.6. The van der Waals surface area contributed by atoms with Crippen molar-refractivity contribution in [2.45, 2.75) is 207 Å². The zero-order valence-corrected chi connectivity index (χ0v) is 65.5. The lowest BCUT2D eigenvalue weighted by molar-refractivity contribution is -0.147. The van der Waals surface area contributed by atoms with Gasteiger partial charge in [0.15, 0.2) is 23.8 Å². The minimum atomic E-state index is -2.40. The van der Waals surface area contributed by atoms with Crippen molar-refractivity contribution < 1.29 is 137 Å². The number of nitrogens with zero attached hydrogens (tertiary/aromatic N) is 1. The quantitative estimate of drug-likeness (QED) is 0.0164. The number of hydrogen-bond acceptors (Lipinski definition) is 28. The molecule has 1 aromatic heterocycles. The Morgan fingerprint density at radius 2 is 0.653 bits per heavy atom. The number of nitrogens with two attached hydrogens (primary N) is 5. The molecule has 0 spiro atoms. The summed E-state index contributed by atoms with van der Waals surface area (Å²) < 4.78 is 0. The van der Waals surface area contributed by atoms with Crippen LogP contribution in [0.1, 0.15) is 116 Å². The number of aromatic amines is 1. The number of amides is 13. The molecule has 121 heavy (non-hydrogen) atoms. The summed E-state index contributed by atoms with van der Waals surface area (Å²) in [5, 5.41) is 156. The number of aliphatic carboxylic acids is 6. The van der Waals surface area contributed by atoms with E-state index in [-0.39, 0.29) is 82.8 Å². The van der Waals surface area contributed by atoms with Crippen molar-refractivity contribution >= 4 is 136 Å². The highest BCUT2D eigenvalue weighted by molar-refractivity contribution is 6.01. The standard InChI is InChI=1S/C65H108N28O28/c1-27(81-58(117)40(24-94)91-52(111)33(10-6-18-79-65(73)74)86-60(119)47(28(2)96)93-57(116)36(19-29-23-75-26-80-29)87-50(109)31(8-4-16-77-63(69)70)83-49(108)30(66)7-3-15-76-62(67)68)48(107)82-34(11-13-42(97)98)54(113)88-37(20-44(101)102)55(114)89-38(21-45(103)104)56(115)92-41(25-95)59(118)85-35(12-14-43(99)100)53(112)84-32(9-5-17-78-64(71)72)51(110)90-39(61(120)121)22-46(105)106/h23,26-28,30-41,47,94-96H,3-22,24-25,66H2,1-2H3,(H,75,80)(H,81,117)(H,82,107)(H,83,108)(H,84,112)(H,85,118)(H,86,119)(H,87,109)(H,88,113)(H,89,114)(H,90,110)(H,91,111)(H,92,115)(H,93,116)(H,97,98)(H,99,100)(H,101,102)(H,103,104)(H,105,106)(H,120,121)(H4,67,68,76)(H4,69,70,77)(H4,71,72,78)(H4,73,74,79)/t27-,28+,30-,31-,32-,33-,34-,35-,36-,37-,38-,39-,40-,41-,47-/m0/s1. The van der Waals surface area contributed by atoms with Crippen molar-refractivity contribution in [1.82, 2.24) is 100 Å². The van der Waals surface area contributed by atoms with Crippen LogP contribution in [0.4, 0.5) is 0 Å². The number of guanidine groups is 4. The maximum absolute atomic E-state index is 14.3. The predicted octanol–water partition coefficient (Wildman–Crippen LogP) is -14.7. The monoisotopic (exact) mass is 1730 g/mol. The highest BCUT2D eigenvalue weighted by Crippen LogP contribution is 2.12. The number of hydrogen-bond donors (Lipinski definition) is 36. The Bertz CT molecular complexity index is 3820. The van der Waals surface area contributed by atoms with Crippen LogP contribution >= 0.6 is 0 Å². The molecule has 15 atom stereocenters. The normalized spacial score (nSPS) is 14.5. The van der Waals surface area contributed by atoms with Gasteiger partial charge in [0.2, 0.25) is 76.8 Å². The Hall–Kier alpha value is -13.9. The molecular weight excluding hydrogens is 1620 g/mol. The Morgan fingerprint density at radius 3 is 0.992 bits per heavy atom. The molecule has 0 aliphatic heterocycles. The van der Waals surface area contributed by atoms with E-state index >= 15 is 0 Å². The number of H-pyrrole nitrogens is 1. The van der Waals surface area contributed by atoms with Gasteiger partial charge in [0, 0.05) is 57.3 Å². The predicted molar refractivity (Wildman–Crippen MR) is 412 cm³/mol. The molecule has 56 heteroatoms. The average molecular weight is 1730 g/mol.